The summed E-state index contributed by atoms with van der Waals surface area (Å²) in [7, 11) is 0. The number of hydrogen-bond donors (Lipinski definition) is 0. The highest BCUT2D eigenvalue weighted by atomic mass is 35.5. The lowest BCUT2D eigenvalue weighted by Gasteiger charge is -2.08. The van der Waals surface area contributed by atoms with E-state index in [0.29, 0.717) is 22.2 Å². The fourth-order valence-electron chi connectivity index (χ4n) is 2.69. The van der Waals surface area contributed by atoms with Crippen LogP contribution in [0, 0.1) is 0 Å². The van der Waals surface area contributed by atoms with E-state index in [-0.39, 0.29) is 11.3 Å². The van der Waals surface area contributed by atoms with Crippen LogP contribution in [-0.2, 0) is 11.2 Å². The van der Waals surface area contributed by atoms with E-state index in [4.69, 9.17) is 32.7 Å². The number of halogens is 2. The van der Waals surface area contributed by atoms with Gasteiger partial charge in [-0.15, -0.1) is 0 Å². The molecule has 148 valence electrons. The van der Waals surface area contributed by atoms with Gasteiger partial charge in [-0.1, -0.05) is 59.6 Å². The molecule has 0 spiro atoms. The van der Waals surface area contributed by atoms with E-state index >= 15 is 0 Å². The van der Waals surface area contributed by atoms with E-state index in [0.717, 1.165) is 12.8 Å². The number of hydrogen-bond acceptors (Lipinski definition) is 4. The summed E-state index contributed by atoms with van der Waals surface area (Å²) >= 11 is 11.8. The normalized spacial score (nSPS) is 10.4. The molecule has 0 fully saturated rings. The molecule has 0 amide bonds. The molecule has 0 N–H and O–H groups in total. The monoisotopic (exact) mass is 428 g/mol. The second-order valence-corrected chi connectivity index (χ2v) is 7.17. The summed E-state index contributed by atoms with van der Waals surface area (Å²) in [6, 6.07) is 20.7. The Morgan fingerprint density at radius 2 is 1.48 bits per heavy atom. The van der Waals surface area contributed by atoms with Crippen molar-refractivity contribution < 1.29 is 19.1 Å². The van der Waals surface area contributed by atoms with Gasteiger partial charge in [-0.05, 0) is 54.8 Å². The number of ether oxygens (including phenoxy) is 2. The van der Waals surface area contributed by atoms with Crippen molar-refractivity contribution in [2.24, 2.45) is 0 Å². The molecule has 3 aromatic carbocycles. The zero-order valence-electron chi connectivity index (χ0n) is 15.4. The largest absolute Gasteiger partial charge is 0.462 e. The number of carbonyl (C=O) groups excluding carboxylic acids is 2. The molecule has 3 rings (SSSR count). The summed E-state index contributed by atoms with van der Waals surface area (Å²) in [6.45, 7) is 0.304. The highest BCUT2D eigenvalue weighted by Gasteiger charge is 2.13. The first kappa shape index (κ1) is 20.9. The van der Waals surface area contributed by atoms with E-state index < -0.39 is 11.9 Å². The Morgan fingerprint density at radius 1 is 0.759 bits per heavy atom. The average molecular weight is 429 g/mol. The number of rotatable bonds is 7. The fourth-order valence-corrected chi connectivity index (χ4v) is 3.22. The van der Waals surface area contributed by atoms with Gasteiger partial charge in [0.25, 0.3) is 0 Å². The maximum absolute atomic E-state index is 12.3. The molecular formula is C23H18Cl2O4. The molecule has 0 heterocycles. The molecule has 0 unspecified atom stereocenters. The van der Waals surface area contributed by atoms with Crippen LogP contribution in [0.25, 0.3) is 0 Å². The van der Waals surface area contributed by atoms with Crippen LogP contribution in [-0.4, -0.2) is 18.5 Å². The first-order valence-corrected chi connectivity index (χ1v) is 9.76. The van der Waals surface area contributed by atoms with E-state index in [1.54, 1.807) is 18.2 Å². The first-order chi connectivity index (χ1) is 14.0. The zero-order chi connectivity index (χ0) is 20.6. The minimum absolute atomic E-state index is 0.219. The molecule has 4 nitrogen and oxygen atoms in total. The lowest BCUT2D eigenvalue weighted by atomic mass is 10.1. The molecule has 0 atom stereocenters. The van der Waals surface area contributed by atoms with Gasteiger partial charge in [0.05, 0.1) is 17.7 Å². The Kier molecular flexibility index (Phi) is 7.28. The predicted molar refractivity (Wildman–Crippen MR) is 113 cm³/mol. The van der Waals surface area contributed by atoms with Crippen LogP contribution >= 0.6 is 23.2 Å². The van der Waals surface area contributed by atoms with Crippen molar-refractivity contribution in [2.75, 3.05) is 6.61 Å². The highest BCUT2D eigenvalue weighted by Crippen LogP contribution is 2.21. The van der Waals surface area contributed by atoms with Gasteiger partial charge in [-0.25, -0.2) is 9.59 Å². The second kappa shape index (κ2) is 10.1. The summed E-state index contributed by atoms with van der Waals surface area (Å²) in [4.78, 5) is 24.5. The molecular weight excluding hydrogens is 411 g/mol. The number of esters is 2. The van der Waals surface area contributed by atoms with Crippen molar-refractivity contribution in [1.82, 2.24) is 0 Å². The van der Waals surface area contributed by atoms with Gasteiger partial charge in [0.15, 0.2) is 0 Å². The molecule has 0 saturated heterocycles. The summed E-state index contributed by atoms with van der Waals surface area (Å²) in [5.41, 5.74) is 1.72. The van der Waals surface area contributed by atoms with E-state index in [1.807, 2.05) is 30.3 Å². The van der Waals surface area contributed by atoms with E-state index in [2.05, 4.69) is 0 Å². The van der Waals surface area contributed by atoms with Crippen LogP contribution in [0.15, 0.2) is 72.8 Å². The van der Waals surface area contributed by atoms with Gasteiger partial charge >= 0.3 is 11.9 Å². The number of aryl methyl sites for hydroxylation is 1. The molecule has 0 aliphatic rings. The fraction of sp³-hybridized carbons (Fsp3) is 0.130. The quantitative estimate of drug-likeness (QED) is 0.263. The molecule has 0 aliphatic carbocycles. The average Bonchev–Trinajstić information content (AvgIpc) is 2.71. The van der Waals surface area contributed by atoms with Gasteiger partial charge < -0.3 is 9.47 Å². The summed E-state index contributed by atoms with van der Waals surface area (Å²) in [5.74, 6) is -0.866. The Hall–Kier alpha value is -2.82. The lowest BCUT2D eigenvalue weighted by Crippen LogP contribution is -2.10. The number of carbonyl (C=O) groups is 2. The van der Waals surface area contributed by atoms with Crippen LogP contribution < -0.4 is 4.74 Å². The second-order valence-electron chi connectivity index (χ2n) is 6.30. The van der Waals surface area contributed by atoms with Crippen LogP contribution in [0.1, 0.15) is 32.7 Å². The Morgan fingerprint density at radius 3 is 2.21 bits per heavy atom. The minimum Gasteiger partial charge on any atom is -0.462 e. The Bertz CT molecular complexity index is 983. The van der Waals surface area contributed by atoms with Crippen molar-refractivity contribution in [2.45, 2.75) is 12.8 Å². The van der Waals surface area contributed by atoms with Crippen LogP contribution in [0.4, 0.5) is 0 Å². The van der Waals surface area contributed by atoms with E-state index in [1.165, 1.54) is 29.8 Å². The van der Waals surface area contributed by atoms with Crippen LogP contribution in [0.5, 0.6) is 5.75 Å². The smallest absolute Gasteiger partial charge is 0.343 e. The minimum atomic E-state index is -0.622. The predicted octanol–water partition coefficient (Wildman–Crippen LogP) is 6.00. The maximum Gasteiger partial charge on any atom is 0.343 e. The third-order valence-corrected chi connectivity index (χ3v) is 4.50. The molecule has 0 bridgehead atoms. The van der Waals surface area contributed by atoms with Crippen molar-refractivity contribution in [3.63, 3.8) is 0 Å². The summed E-state index contributed by atoms with van der Waals surface area (Å²) < 4.78 is 10.6. The zero-order valence-corrected chi connectivity index (χ0v) is 17.0. The van der Waals surface area contributed by atoms with Crippen molar-refractivity contribution in [3.05, 3.63) is 99.5 Å². The highest BCUT2D eigenvalue weighted by molar-refractivity contribution is 6.35. The molecule has 29 heavy (non-hydrogen) atoms. The first-order valence-electron chi connectivity index (χ1n) is 9.00. The maximum atomic E-state index is 12.3. The number of benzene rings is 3. The third kappa shape index (κ3) is 6.34. The summed E-state index contributed by atoms with van der Waals surface area (Å²) in [5, 5.41) is 0.662. The van der Waals surface area contributed by atoms with E-state index in [9.17, 15) is 9.59 Å². The molecule has 3 aromatic rings. The molecule has 6 heteroatoms. The van der Waals surface area contributed by atoms with Crippen molar-refractivity contribution in [1.29, 1.82) is 0 Å². The van der Waals surface area contributed by atoms with Gasteiger partial charge in [0.1, 0.15) is 5.75 Å². The van der Waals surface area contributed by atoms with Gasteiger partial charge in [-0.3, -0.25) is 0 Å². The van der Waals surface area contributed by atoms with Crippen molar-refractivity contribution >= 4 is 35.1 Å². The van der Waals surface area contributed by atoms with Crippen molar-refractivity contribution in [3.8, 4) is 5.75 Å². The van der Waals surface area contributed by atoms with Gasteiger partial charge in [-0.2, -0.15) is 0 Å². The topological polar surface area (TPSA) is 52.6 Å². The third-order valence-electron chi connectivity index (χ3n) is 4.06. The van der Waals surface area contributed by atoms with Crippen LogP contribution in [0.2, 0.25) is 10.0 Å². The summed E-state index contributed by atoms with van der Waals surface area (Å²) in [6.07, 6.45) is 1.55. The van der Waals surface area contributed by atoms with Gasteiger partial charge in [0, 0.05) is 10.0 Å². The van der Waals surface area contributed by atoms with Crippen LogP contribution in [0.3, 0.4) is 0 Å². The van der Waals surface area contributed by atoms with Gasteiger partial charge in [0.2, 0.25) is 0 Å². The molecule has 0 saturated carbocycles. The molecule has 0 aromatic heterocycles. The molecule has 0 aliphatic heterocycles. The standard InChI is InChI=1S/C23H18Cl2O4/c24-19-12-18(13-20(25)15-19)23(27)29-21-10-4-9-17(14-21)22(26)28-11-5-8-16-6-2-1-3-7-16/h1-4,6-7,9-10,12-15H,5,8,11H2. The lowest BCUT2D eigenvalue weighted by molar-refractivity contribution is 0.0498. The Balaban J connectivity index is 1.55. The molecule has 0 radical (unpaired) electrons. The SMILES string of the molecule is O=C(OCCCc1ccccc1)c1cccc(OC(=O)c2cc(Cl)cc(Cl)c2)c1. The Labute approximate surface area is 179 Å².